The molecule has 2 atom stereocenters. The zero-order valence-electron chi connectivity index (χ0n) is 7.97. The molecule has 13 heavy (non-hydrogen) atoms. The van der Waals surface area contributed by atoms with Gasteiger partial charge in [0.25, 0.3) is 0 Å². The van der Waals surface area contributed by atoms with E-state index in [0.717, 1.165) is 6.42 Å². The summed E-state index contributed by atoms with van der Waals surface area (Å²) < 4.78 is 5.39. The van der Waals surface area contributed by atoms with Crippen molar-refractivity contribution in [3.05, 3.63) is 23.8 Å². The molecule has 70 valence electrons. The monoisotopic (exact) mass is 178 g/mol. The molecule has 1 heterocycles. The predicted molar refractivity (Wildman–Crippen MR) is 52.1 cm³/mol. The molecule has 0 aromatic carbocycles. The summed E-state index contributed by atoms with van der Waals surface area (Å²) in [5, 5.41) is 5.91. The summed E-state index contributed by atoms with van der Waals surface area (Å²) in [6, 6.07) is 0. The second kappa shape index (κ2) is 3.24. The van der Waals surface area contributed by atoms with Crippen LogP contribution in [0.5, 0.6) is 0 Å². The van der Waals surface area contributed by atoms with Crippen LogP contribution in [0.2, 0.25) is 0 Å². The summed E-state index contributed by atoms with van der Waals surface area (Å²) in [6.07, 6.45) is 9.22. The van der Waals surface area contributed by atoms with Crippen LogP contribution >= 0.6 is 0 Å². The highest BCUT2D eigenvalue weighted by atomic mass is 16.5. The van der Waals surface area contributed by atoms with Crippen molar-refractivity contribution in [3.8, 4) is 0 Å². The van der Waals surface area contributed by atoms with E-state index in [4.69, 9.17) is 4.74 Å². The minimum Gasteiger partial charge on any atom is -0.456 e. The zero-order valence-corrected chi connectivity index (χ0v) is 7.97. The van der Waals surface area contributed by atoms with Crippen LogP contribution in [0, 0.1) is 5.92 Å². The fourth-order valence-electron chi connectivity index (χ4n) is 1.65. The largest absolute Gasteiger partial charge is 0.456 e. The van der Waals surface area contributed by atoms with Crippen LogP contribution in [-0.4, -0.2) is 24.7 Å². The maximum absolute atomic E-state index is 5.39. The van der Waals surface area contributed by atoms with Crippen LogP contribution in [-0.2, 0) is 4.74 Å². The molecule has 3 nitrogen and oxygen atoms in total. The van der Waals surface area contributed by atoms with Crippen LogP contribution in [0.25, 0.3) is 0 Å². The van der Waals surface area contributed by atoms with Gasteiger partial charge in [0.2, 0.25) is 0 Å². The number of hydrogen-bond acceptors (Lipinski definition) is 3. The van der Waals surface area contributed by atoms with E-state index in [-0.39, 0.29) is 6.23 Å². The Labute approximate surface area is 78.4 Å². The molecule has 0 aromatic rings. The summed E-state index contributed by atoms with van der Waals surface area (Å²) in [5.41, 5.74) is 1.33. The Bertz CT molecular complexity index is 281. The van der Waals surface area contributed by atoms with Crippen molar-refractivity contribution in [3.63, 3.8) is 0 Å². The second-order valence-corrected chi connectivity index (χ2v) is 3.53. The van der Waals surface area contributed by atoms with E-state index in [9.17, 15) is 0 Å². The van der Waals surface area contributed by atoms with Crippen LogP contribution in [0.3, 0.4) is 0 Å². The molecule has 0 aromatic heterocycles. The molecular weight excluding hydrogens is 164 g/mol. The molecule has 2 rings (SSSR count). The van der Waals surface area contributed by atoms with Crippen LogP contribution < -0.4 is 0 Å². The van der Waals surface area contributed by atoms with E-state index < -0.39 is 0 Å². The van der Waals surface area contributed by atoms with Gasteiger partial charge in [-0.1, -0.05) is 23.8 Å². The molecule has 0 radical (unpaired) electrons. The summed E-state index contributed by atoms with van der Waals surface area (Å²) in [6.45, 7) is 2.11. The SMILES string of the molecule is CC1=CCC(C2OC=NN2C)C=C1. The van der Waals surface area contributed by atoms with Gasteiger partial charge >= 0.3 is 0 Å². The first-order chi connectivity index (χ1) is 6.27. The molecule has 0 bridgehead atoms. The Morgan fingerprint density at radius 1 is 1.62 bits per heavy atom. The average molecular weight is 178 g/mol. The number of rotatable bonds is 1. The Morgan fingerprint density at radius 3 is 3.00 bits per heavy atom. The molecule has 0 amide bonds. The van der Waals surface area contributed by atoms with Gasteiger partial charge in [-0.3, -0.25) is 5.01 Å². The highest BCUT2D eigenvalue weighted by molar-refractivity contribution is 5.48. The van der Waals surface area contributed by atoms with Crippen molar-refractivity contribution in [2.75, 3.05) is 7.05 Å². The number of hydrazone groups is 1. The number of hydrogen-bond donors (Lipinski definition) is 0. The van der Waals surface area contributed by atoms with Crippen molar-refractivity contribution < 1.29 is 4.74 Å². The van der Waals surface area contributed by atoms with Crippen LogP contribution in [0.4, 0.5) is 0 Å². The number of ether oxygens (including phenoxy) is 1. The molecule has 0 N–H and O–H groups in total. The van der Waals surface area contributed by atoms with Gasteiger partial charge in [0.15, 0.2) is 12.6 Å². The summed E-state index contributed by atoms with van der Waals surface area (Å²) in [7, 11) is 1.94. The van der Waals surface area contributed by atoms with Gasteiger partial charge in [-0.25, -0.2) is 0 Å². The van der Waals surface area contributed by atoms with Crippen molar-refractivity contribution in [2.45, 2.75) is 19.6 Å². The first kappa shape index (κ1) is 8.35. The van der Waals surface area contributed by atoms with Gasteiger partial charge < -0.3 is 4.74 Å². The minimum absolute atomic E-state index is 0.0839. The third-order valence-corrected chi connectivity index (χ3v) is 2.48. The van der Waals surface area contributed by atoms with Crippen molar-refractivity contribution in [1.82, 2.24) is 5.01 Å². The third-order valence-electron chi connectivity index (χ3n) is 2.48. The number of allylic oxidation sites excluding steroid dienone is 3. The summed E-state index contributed by atoms with van der Waals surface area (Å²) >= 11 is 0. The van der Waals surface area contributed by atoms with Crippen molar-refractivity contribution in [2.24, 2.45) is 11.0 Å². The Morgan fingerprint density at radius 2 is 2.46 bits per heavy atom. The molecule has 0 saturated heterocycles. The smallest absolute Gasteiger partial charge is 0.195 e. The van der Waals surface area contributed by atoms with E-state index in [1.54, 1.807) is 0 Å². The molecule has 3 heteroatoms. The van der Waals surface area contributed by atoms with Crippen LogP contribution in [0.15, 0.2) is 28.9 Å². The highest BCUT2D eigenvalue weighted by Crippen LogP contribution is 2.24. The molecular formula is C10H14N2O. The van der Waals surface area contributed by atoms with E-state index >= 15 is 0 Å². The van der Waals surface area contributed by atoms with E-state index in [1.165, 1.54) is 12.0 Å². The van der Waals surface area contributed by atoms with Gasteiger partial charge in [-0.2, -0.15) is 0 Å². The minimum atomic E-state index is 0.0839. The predicted octanol–water partition coefficient (Wildman–Crippen LogP) is 1.74. The Hall–Kier alpha value is -1.25. The lowest BCUT2D eigenvalue weighted by Crippen LogP contribution is -2.31. The molecule has 0 fully saturated rings. The Balaban J connectivity index is 2.01. The average Bonchev–Trinajstić information content (AvgIpc) is 2.53. The summed E-state index contributed by atoms with van der Waals surface area (Å²) in [5.74, 6) is 0.427. The van der Waals surface area contributed by atoms with Gasteiger partial charge in [0.05, 0.1) is 0 Å². The highest BCUT2D eigenvalue weighted by Gasteiger charge is 2.27. The maximum Gasteiger partial charge on any atom is 0.195 e. The molecule has 1 aliphatic heterocycles. The first-order valence-electron chi connectivity index (χ1n) is 4.53. The lowest BCUT2D eigenvalue weighted by Gasteiger charge is -2.25. The molecule has 0 spiro atoms. The molecule has 1 aliphatic carbocycles. The lowest BCUT2D eigenvalue weighted by atomic mass is 9.96. The van der Waals surface area contributed by atoms with E-state index in [0.29, 0.717) is 5.92 Å². The standard InChI is InChI=1S/C10H14N2O/c1-8-3-5-9(6-4-8)10-12(2)11-7-13-10/h3-5,7,9-10H,6H2,1-2H3. The topological polar surface area (TPSA) is 24.8 Å². The van der Waals surface area contributed by atoms with Crippen LogP contribution in [0.1, 0.15) is 13.3 Å². The van der Waals surface area contributed by atoms with Gasteiger partial charge in [0, 0.05) is 13.0 Å². The summed E-state index contributed by atoms with van der Waals surface area (Å²) in [4.78, 5) is 0. The third kappa shape index (κ3) is 1.59. The van der Waals surface area contributed by atoms with Gasteiger partial charge in [-0.05, 0) is 13.3 Å². The molecule has 0 saturated carbocycles. The van der Waals surface area contributed by atoms with Crippen molar-refractivity contribution in [1.29, 1.82) is 0 Å². The molecule has 2 aliphatic rings. The van der Waals surface area contributed by atoms with Gasteiger partial charge in [0.1, 0.15) is 0 Å². The number of nitrogens with zero attached hydrogens (tertiary/aromatic N) is 2. The lowest BCUT2D eigenvalue weighted by molar-refractivity contribution is 0.0438. The van der Waals surface area contributed by atoms with Crippen molar-refractivity contribution >= 4 is 6.40 Å². The van der Waals surface area contributed by atoms with E-state index in [1.807, 2.05) is 12.1 Å². The second-order valence-electron chi connectivity index (χ2n) is 3.53. The first-order valence-corrected chi connectivity index (χ1v) is 4.53. The maximum atomic E-state index is 5.39. The zero-order chi connectivity index (χ0) is 9.26. The fourth-order valence-corrected chi connectivity index (χ4v) is 1.65. The fraction of sp³-hybridized carbons (Fsp3) is 0.500. The normalized spacial score (nSPS) is 31.8. The quantitative estimate of drug-likeness (QED) is 0.611. The van der Waals surface area contributed by atoms with Gasteiger partial charge in [-0.15, -0.1) is 5.10 Å². The van der Waals surface area contributed by atoms with E-state index in [2.05, 4.69) is 30.3 Å². The Kier molecular flexibility index (Phi) is 2.08. The molecule has 2 unspecified atom stereocenters.